The van der Waals surface area contributed by atoms with Gasteiger partial charge in [0.25, 0.3) is 0 Å². The summed E-state index contributed by atoms with van der Waals surface area (Å²) in [5.74, 6) is -9.42. The number of fused-ring (bicyclic) bond motifs is 8. The zero-order chi connectivity index (χ0) is 36.6. The molecule has 0 saturated heterocycles. The molecule has 0 radical (unpaired) electrons. The number of nitrogens with zero attached hydrogens (tertiary/aromatic N) is 1. The van der Waals surface area contributed by atoms with E-state index in [-0.39, 0.29) is 16.7 Å². The number of phenolic OH excluding ortho intramolecular Hbond substituents is 9. The third-order valence-electron chi connectivity index (χ3n) is 11.0. The van der Waals surface area contributed by atoms with Gasteiger partial charge in [0.15, 0.2) is 34.5 Å². The predicted octanol–water partition coefficient (Wildman–Crippen LogP) is 8.58. The molecule has 51 heavy (non-hydrogen) atoms. The Bertz CT molecular complexity index is 2420. The van der Waals surface area contributed by atoms with Crippen molar-refractivity contribution >= 4 is 27.8 Å². The Labute approximate surface area is 292 Å². The molecule has 6 aromatic rings. The Morgan fingerprint density at radius 2 is 0.882 bits per heavy atom. The van der Waals surface area contributed by atoms with Gasteiger partial charge in [0.1, 0.15) is 11.4 Å². The highest BCUT2D eigenvalue weighted by Crippen LogP contribution is 2.65. The summed E-state index contributed by atoms with van der Waals surface area (Å²) in [7, 11) is 0. The summed E-state index contributed by atoms with van der Waals surface area (Å²) in [6, 6.07) is 21.8. The van der Waals surface area contributed by atoms with Crippen LogP contribution in [0.4, 0.5) is 17.1 Å². The van der Waals surface area contributed by atoms with Crippen molar-refractivity contribution in [2.24, 2.45) is 0 Å². The van der Waals surface area contributed by atoms with Crippen molar-refractivity contribution in [3.63, 3.8) is 0 Å². The highest BCUT2D eigenvalue weighted by Gasteiger charge is 2.44. The number of anilines is 3. The third kappa shape index (κ3) is 3.87. The molecule has 0 heterocycles. The van der Waals surface area contributed by atoms with E-state index in [4.69, 9.17) is 0 Å². The maximum atomic E-state index is 11.4. The molecule has 6 aromatic carbocycles. The Balaban J connectivity index is 1.51. The number of hydrogen-bond donors (Lipinski definition) is 9. The Kier molecular flexibility index (Phi) is 6.28. The molecule has 10 nitrogen and oxygen atoms in total. The first-order valence-corrected chi connectivity index (χ1v) is 16.3. The summed E-state index contributed by atoms with van der Waals surface area (Å²) < 4.78 is 0. The fraction of sp³-hybridized carbons (Fsp3) is 0.171. The summed E-state index contributed by atoms with van der Waals surface area (Å²) >= 11 is 0. The van der Waals surface area contributed by atoms with Crippen molar-refractivity contribution in [2.75, 3.05) is 4.90 Å². The van der Waals surface area contributed by atoms with Crippen LogP contribution in [0.2, 0.25) is 0 Å². The average molecular weight is 686 g/mol. The molecule has 2 aliphatic carbocycles. The van der Waals surface area contributed by atoms with E-state index >= 15 is 0 Å². The number of hydrogen-bond acceptors (Lipinski definition) is 10. The summed E-state index contributed by atoms with van der Waals surface area (Å²) in [6.45, 7) is 9.79. The molecule has 9 N–H and O–H groups in total. The zero-order valence-electron chi connectivity index (χ0n) is 28.3. The average Bonchev–Trinajstić information content (AvgIpc) is 3.48. The van der Waals surface area contributed by atoms with E-state index in [0.717, 1.165) is 38.3 Å². The molecule has 0 aromatic heterocycles. The van der Waals surface area contributed by atoms with Crippen LogP contribution in [0, 0.1) is 6.92 Å². The SMILES string of the molecule is Cc1c(O)c(O)c(N(c2c(O)c(O)c(O)c(O)c2O)c2cc3c(c4ccccc24)-c2cc4c(cc2C3(C)C)-c2ccccc2C4(C)C)c(O)c1O. The molecular formula is C41H35NO9. The van der Waals surface area contributed by atoms with E-state index in [0.29, 0.717) is 10.8 Å². The van der Waals surface area contributed by atoms with E-state index < -0.39 is 68.5 Å². The molecule has 0 fully saturated rings. The first kappa shape index (κ1) is 31.8. The van der Waals surface area contributed by atoms with Gasteiger partial charge in [-0.2, -0.15) is 0 Å². The molecule has 2 aliphatic rings. The molecule has 0 aliphatic heterocycles. The van der Waals surface area contributed by atoms with Crippen LogP contribution in [0.5, 0.6) is 51.7 Å². The number of phenols is 9. The Morgan fingerprint density at radius 1 is 0.431 bits per heavy atom. The highest BCUT2D eigenvalue weighted by atomic mass is 16.4. The number of benzene rings is 6. The fourth-order valence-electron chi connectivity index (χ4n) is 8.19. The second kappa shape index (κ2) is 10.1. The summed E-state index contributed by atoms with van der Waals surface area (Å²) in [6.07, 6.45) is 0. The predicted molar refractivity (Wildman–Crippen MR) is 193 cm³/mol. The second-order valence-corrected chi connectivity index (χ2v) is 14.4. The molecule has 0 bridgehead atoms. The van der Waals surface area contributed by atoms with Crippen LogP contribution < -0.4 is 4.90 Å². The van der Waals surface area contributed by atoms with Gasteiger partial charge in [-0.15, -0.1) is 0 Å². The van der Waals surface area contributed by atoms with Crippen LogP contribution in [0.1, 0.15) is 55.5 Å². The lowest BCUT2D eigenvalue weighted by Gasteiger charge is -2.32. The minimum Gasteiger partial charge on any atom is -0.504 e. The van der Waals surface area contributed by atoms with E-state index in [1.165, 1.54) is 18.1 Å². The molecule has 258 valence electrons. The molecule has 0 atom stereocenters. The normalized spacial score (nSPS) is 14.6. The van der Waals surface area contributed by atoms with Crippen LogP contribution in [-0.4, -0.2) is 46.0 Å². The Hall–Kier alpha value is -6.42. The second-order valence-electron chi connectivity index (χ2n) is 14.4. The molecule has 0 amide bonds. The van der Waals surface area contributed by atoms with Crippen LogP contribution in [0.15, 0.2) is 66.7 Å². The van der Waals surface area contributed by atoms with Crippen molar-refractivity contribution in [3.8, 4) is 74.0 Å². The molecule has 0 unspecified atom stereocenters. The molecule has 8 rings (SSSR count). The maximum Gasteiger partial charge on any atom is 0.208 e. The van der Waals surface area contributed by atoms with Gasteiger partial charge in [0.2, 0.25) is 17.2 Å². The van der Waals surface area contributed by atoms with Gasteiger partial charge in [-0.05, 0) is 75.0 Å². The van der Waals surface area contributed by atoms with Crippen LogP contribution in [0.3, 0.4) is 0 Å². The molecular weight excluding hydrogens is 650 g/mol. The van der Waals surface area contributed by atoms with Gasteiger partial charge < -0.3 is 46.0 Å². The van der Waals surface area contributed by atoms with Crippen molar-refractivity contribution in [3.05, 3.63) is 94.5 Å². The van der Waals surface area contributed by atoms with Gasteiger partial charge >= 0.3 is 0 Å². The van der Waals surface area contributed by atoms with Crippen molar-refractivity contribution in [2.45, 2.75) is 45.4 Å². The summed E-state index contributed by atoms with van der Waals surface area (Å²) in [5.41, 5.74) is 5.89. The highest BCUT2D eigenvalue weighted by molar-refractivity contribution is 6.12. The largest absolute Gasteiger partial charge is 0.504 e. The number of rotatable bonds is 3. The van der Waals surface area contributed by atoms with Gasteiger partial charge in [-0.3, -0.25) is 4.90 Å². The standard InChI is InChI=1S/C41H35NO9/c1-17-31(43)33(45)29(34(46)32(17)44)42(30-35(47)37(49)39(51)38(50)36(30)48)27-16-26-28(20-12-7-6-11-19(20)27)22-15-24-21(14-25(22)41(26,4)5)18-10-8-9-13-23(18)40(24,2)3/h6-16,43-51H,1-5H3. The van der Waals surface area contributed by atoms with Gasteiger partial charge in [-0.1, -0.05) is 76.2 Å². The molecule has 0 spiro atoms. The van der Waals surface area contributed by atoms with Gasteiger partial charge in [-0.25, -0.2) is 0 Å². The Morgan fingerprint density at radius 3 is 1.49 bits per heavy atom. The molecule has 0 saturated carbocycles. The van der Waals surface area contributed by atoms with E-state index in [1.807, 2.05) is 24.3 Å². The van der Waals surface area contributed by atoms with E-state index in [9.17, 15) is 46.0 Å². The summed E-state index contributed by atoms with van der Waals surface area (Å²) in [4.78, 5) is 0.925. The van der Waals surface area contributed by atoms with Crippen LogP contribution in [0.25, 0.3) is 33.0 Å². The quantitative estimate of drug-likeness (QED) is 0.0645. The monoisotopic (exact) mass is 685 g/mol. The molecule has 10 heteroatoms. The maximum absolute atomic E-state index is 11.4. The van der Waals surface area contributed by atoms with E-state index in [1.54, 1.807) is 18.2 Å². The third-order valence-corrected chi connectivity index (χ3v) is 11.0. The minimum atomic E-state index is -1.22. The first-order valence-electron chi connectivity index (χ1n) is 16.3. The lowest BCUT2D eigenvalue weighted by Crippen LogP contribution is -2.18. The number of aromatic hydroxyl groups is 9. The zero-order valence-corrected chi connectivity index (χ0v) is 28.3. The topological polar surface area (TPSA) is 185 Å². The minimum absolute atomic E-state index is 0.104. The first-order chi connectivity index (χ1) is 24.0. The van der Waals surface area contributed by atoms with E-state index in [2.05, 4.69) is 52.0 Å². The van der Waals surface area contributed by atoms with Crippen molar-refractivity contribution < 1.29 is 46.0 Å². The van der Waals surface area contributed by atoms with Crippen molar-refractivity contribution in [1.82, 2.24) is 0 Å². The smallest absolute Gasteiger partial charge is 0.208 e. The van der Waals surface area contributed by atoms with Crippen molar-refractivity contribution in [1.29, 1.82) is 0 Å². The van der Waals surface area contributed by atoms with Crippen LogP contribution in [-0.2, 0) is 10.8 Å². The van der Waals surface area contributed by atoms with Gasteiger partial charge in [0, 0.05) is 21.8 Å². The lowest BCUT2D eigenvalue weighted by molar-refractivity contribution is 0.329. The van der Waals surface area contributed by atoms with Gasteiger partial charge in [0.05, 0.1) is 5.69 Å². The van der Waals surface area contributed by atoms with Crippen LogP contribution >= 0.6 is 0 Å². The fourth-order valence-corrected chi connectivity index (χ4v) is 8.19. The summed E-state index contributed by atoms with van der Waals surface area (Å²) in [5, 5.41) is 99.9. The lowest BCUT2D eigenvalue weighted by atomic mass is 9.79.